The Morgan fingerprint density at radius 1 is 1.37 bits per heavy atom. The van der Waals surface area contributed by atoms with E-state index in [2.05, 4.69) is 15.3 Å². The number of rotatable bonds is 6. The summed E-state index contributed by atoms with van der Waals surface area (Å²) in [4.78, 5) is 23.5. The minimum Gasteiger partial charge on any atom is -0.383 e. The fourth-order valence-electron chi connectivity index (χ4n) is 3.43. The summed E-state index contributed by atoms with van der Waals surface area (Å²) in [6.07, 6.45) is 1.98. The lowest BCUT2D eigenvalue weighted by molar-refractivity contribution is 0.0630. The van der Waals surface area contributed by atoms with Crippen LogP contribution < -0.4 is 11.1 Å². The first-order chi connectivity index (χ1) is 13.0. The molecule has 27 heavy (non-hydrogen) atoms. The quantitative estimate of drug-likeness (QED) is 0.813. The average Bonchev–Trinajstić information content (AvgIpc) is 3.09. The second-order valence-corrected chi connectivity index (χ2v) is 7.13. The number of anilines is 2. The smallest absolute Gasteiger partial charge is 0.254 e. The van der Waals surface area contributed by atoms with E-state index in [1.165, 1.54) is 0 Å². The summed E-state index contributed by atoms with van der Waals surface area (Å²) >= 11 is 0. The van der Waals surface area contributed by atoms with E-state index >= 15 is 0 Å². The van der Waals surface area contributed by atoms with Crippen LogP contribution in [-0.4, -0.2) is 53.1 Å². The van der Waals surface area contributed by atoms with Crippen molar-refractivity contribution in [3.05, 3.63) is 35.9 Å². The summed E-state index contributed by atoms with van der Waals surface area (Å²) in [6.45, 7) is 5.39. The van der Waals surface area contributed by atoms with Gasteiger partial charge in [0.05, 0.1) is 18.3 Å². The Hall–Kier alpha value is -2.67. The predicted octanol–water partition coefficient (Wildman–Crippen LogP) is 2.80. The third-order valence-electron chi connectivity index (χ3n) is 4.58. The van der Waals surface area contributed by atoms with Crippen LogP contribution in [0.2, 0.25) is 0 Å². The summed E-state index contributed by atoms with van der Waals surface area (Å²) in [6, 6.07) is 9.73. The number of likely N-dealkylation sites (tertiary alicyclic amines) is 1. The summed E-state index contributed by atoms with van der Waals surface area (Å²) in [5.41, 5.74) is 8.04. The average molecular weight is 369 g/mol. The molecule has 1 amide bonds. The highest BCUT2D eigenvalue weighted by atomic mass is 16.5. The molecule has 1 saturated heterocycles. The molecule has 0 saturated carbocycles. The number of nitrogen functional groups attached to an aromatic ring is 1. The van der Waals surface area contributed by atoms with Crippen LogP contribution in [0.15, 0.2) is 30.3 Å². The van der Waals surface area contributed by atoms with Gasteiger partial charge >= 0.3 is 0 Å². The third kappa shape index (κ3) is 4.54. The highest BCUT2D eigenvalue weighted by Gasteiger charge is 2.29. The van der Waals surface area contributed by atoms with Crippen molar-refractivity contribution in [1.29, 1.82) is 0 Å². The largest absolute Gasteiger partial charge is 0.383 e. The van der Waals surface area contributed by atoms with Crippen molar-refractivity contribution in [2.24, 2.45) is 0 Å². The van der Waals surface area contributed by atoms with Crippen LogP contribution in [0, 0.1) is 0 Å². The molecule has 7 heteroatoms. The van der Waals surface area contributed by atoms with Crippen LogP contribution >= 0.6 is 0 Å². The van der Waals surface area contributed by atoms with E-state index in [-0.39, 0.29) is 23.9 Å². The zero-order chi connectivity index (χ0) is 19.4. The molecule has 1 aliphatic heterocycles. The van der Waals surface area contributed by atoms with Gasteiger partial charge in [0, 0.05) is 36.9 Å². The molecule has 3 N–H and O–H groups in total. The maximum Gasteiger partial charge on any atom is 0.254 e. The highest BCUT2D eigenvalue weighted by Crippen LogP contribution is 2.25. The Balaban J connectivity index is 1.87. The monoisotopic (exact) mass is 369 g/mol. The Bertz CT molecular complexity index is 809. The SMILES string of the molecule is COCC1CCCN1C(=O)c1cccc(-c2cc(NC(C)C)nc(N)n2)c1. The molecular formula is C20H27N5O2. The van der Waals surface area contributed by atoms with Gasteiger partial charge in [0.2, 0.25) is 5.95 Å². The molecule has 1 aliphatic rings. The van der Waals surface area contributed by atoms with Gasteiger partial charge in [0.1, 0.15) is 5.82 Å². The minimum atomic E-state index is 0.0268. The Kier molecular flexibility index (Phi) is 5.91. The summed E-state index contributed by atoms with van der Waals surface area (Å²) in [5, 5.41) is 3.24. The van der Waals surface area contributed by atoms with Gasteiger partial charge in [-0.25, -0.2) is 4.98 Å². The zero-order valence-electron chi connectivity index (χ0n) is 16.1. The van der Waals surface area contributed by atoms with Gasteiger partial charge in [0.25, 0.3) is 5.91 Å². The van der Waals surface area contributed by atoms with Crippen molar-refractivity contribution in [3.63, 3.8) is 0 Å². The lowest BCUT2D eigenvalue weighted by Gasteiger charge is -2.24. The second-order valence-electron chi connectivity index (χ2n) is 7.13. The van der Waals surface area contributed by atoms with Crippen molar-refractivity contribution in [2.75, 3.05) is 31.3 Å². The molecule has 1 atom stereocenters. The number of aromatic nitrogens is 2. The van der Waals surface area contributed by atoms with Crippen molar-refractivity contribution in [3.8, 4) is 11.3 Å². The van der Waals surface area contributed by atoms with E-state index in [0.29, 0.717) is 23.7 Å². The van der Waals surface area contributed by atoms with Crippen molar-refractivity contribution < 1.29 is 9.53 Å². The lowest BCUT2D eigenvalue weighted by Crippen LogP contribution is -2.38. The van der Waals surface area contributed by atoms with Crippen molar-refractivity contribution in [2.45, 2.75) is 38.8 Å². The van der Waals surface area contributed by atoms with Gasteiger partial charge in [0.15, 0.2) is 0 Å². The van der Waals surface area contributed by atoms with Gasteiger partial charge in [-0.1, -0.05) is 12.1 Å². The third-order valence-corrected chi connectivity index (χ3v) is 4.58. The molecule has 3 rings (SSSR count). The number of methoxy groups -OCH3 is 1. The van der Waals surface area contributed by atoms with Crippen LogP contribution in [0.25, 0.3) is 11.3 Å². The first-order valence-electron chi connectivity index (χ1n) is 9.29. The van der Waals surface area contributed by atoms with Crippen LogP contribution in [0.1, 0.15) is 37.0 Å². The topological polar surface area (TPSA) is 93.4 Å². The lowest BCUT2D eigenvalue weighted by atomic mass is 10.1. The van der Waals surface area contributed by atoms with Gasteiger partial charge in [-0.3, -0.25) is 4.79 Å². The molecule has 1 unspecified atom stereocenters. The van der Waals surface area contributed by atoms with Gasteiger partial charge in [-0.15, -0.1) is 0 Å². The van der Waals surface area contributed by atoms with Gasteiger partial charge in [-0.2, -0.15) is 4.98 Å². The number of carbonyl (C=O) groups is 1. The summed E-state index contributed by atoms with van der Waals surface area (Å²) < 4.78 is 5.26. The maximum absolute atomic E-state index is 13.0. The number of benzene rings is 1. The van der Waals surface area contributed by atoms with E-state index < -0.39 is 0 Å². The molecule has 2 aromatic rings. The molecule has 1 fully saturated rings. The second kappa shape index (κ2) is 8.35. The predicted molar refractivity (Wildman–Crippen MR) is 107 cm³/mol. The molecule has 144 valence electrons. The van der Waals surface area contributed by atoms with Crippen LogP contribution in [0.5, 0.6) is 0 Å². The number of nitrogens with one attached hydrogen (secondary N) is 1. The molecule has 1 aromatic heterocycles. The molecule has 7 nitrogen and oxygen atoms in total. The van der Waals surface area contributed by atoms with Crippen LogP contribution in [0.3, 0.4) is 0 Å². The first kappa shape index (κ1) is 19.1. The highest BCUT2D eigenvalue weighted by molar-refractivity contribution is 5.95. The van der Waals surface area contributed by atoms with Gasteiger partial charge in [-0.05, 0) is 38.8 Å². The molecule has 0 spiro atoms. The molecule has 1 aromatic carbocycles. The number of hydrogen-bond donors (Lipinski definition) is 2. The number of hydrogen-bond acceptors (Lipinski definition) is 6. The standard InChI is InChI=1S/C20H27N5O2/c1-13(2)22-18-11-17(23-20(21)24-18)14-6-4-7-15(10-14)19(26)25-9-5-8-16(25)12-27-3/h4,6-7,10-11,13,16H,5,8-9,12H2,1-3H3,(H3,21,22,23,24). The molecule has 0 aliphatic carbocycles. The van der Waals surface area contributed by atoms with E-state index in [4.69, 9.17) is 10.5 Å². The molecule has 0 radical (unpaired) electrons. The number of carbonyl (C=O) groups excluding carboxylic acids is 1. The van der Waals surface area contributed by atoms with Crippen LogP contribution in [-0.2, 0) is 4.74 Å². The van der Waals surface area contributed by atoms with E-state index in [9.17, 15) is 4.79 Å². The van der Waals surface area contributed by atoms with E-state index in [1.54, 1.807) is 7.11 Å². The van der Waals surface area contributed by atoms with Crippen LogP contribution in [0.4, 0.5) is 11.8 Å². The fraction of sp³-hybridized carbons (Fsp3) is 0.450. The number of nitrogens with two attached hydrogens (primary N) is 1. The molecule has 0 bridgehead atoms. The fourth-order valence-corrected chi connectivity index (χ4v) is 3.43. The Morgan fingerprint density at radius 3 is 2.93 bits per heavy atom. The normalized spacial score (nSPS) is 16.7. The summed E-state index contributed by atoms with van der Waals surface area (Å²) in [7, 11) is 1.67. The zero-order valence-corrected chi connectivity index (χ0v) is 16.1. The minimum absolute atomic E-state index is 0.0268. The number of nitrogens with zero attached hydrogens (tertiary/aromatic N) is 3. The summed E-state index contributed by atoms with van der Waals surface area (Å²) in [5.74, 6) is 0.898. The van der Waals surface area contributed by atoms with E-state index in [0.717, 1.165) is 24.9 Å². The van der Waals surface area contributed by atoms with Crippen molar-refractivity contribution >= 4 is 17.7 Å². The molecule has 2 heterocycles. The maximum atomic E-state index is 13.0. The number of ether oxygens (including phenoxy) is 1. The van der Waals surface area contributed by atoms with Crippen molar-refractivity contribution in [1.82, 2.24) is 14.9 Å². The Labute approximate surface area is 159 Å². The number of amides is 1. The Morgan fingerprint density at radius 2 is 2.19 bits per heavy atom. The first-order valence-corrected chi connectivity index (χ1v) is 9.29. The van der Waals surface area contributed by atoms with E-state index in [1.807, 2.05) is 49.1 Å². The molecular weight excluding hydrogens is 342 g/mol. The van der Waals surface area contributed by atoms with Gasteiger partial charge < -0.3 is 20.7 Å².